The Balaban J connectivity index is 6.81. The topological polar surface area (TPSA) is 198 Å². The largest absolute Gasteiger partial charge is 0.462 e. The number of aliphatic hydroxyl groups excluding tert-OH is 1. The van der Waals surface area contributed by atoms with Gasteiger partial charge in [-0.1, -0.05) is 0 Å². The van der Waals surface area contributed by atoms with Gasteiger partial charge in [-0.2, -0.15) is 0 Å². The Morgan fingerprint density at radius 1 is 0.657 bits per heavy atom. The highest BCUT2D eigenvalue weighted by atomic mass is 16.6. The monoisotopic (exact) mass is 505 g/mol. The molecule has 0 rings (SSSR count). The molecular weight excluding hydrogens is 474 g/mol. The molecule has 0 spiro atoms. The van der Waals surface area contributed by atoms with Gasteiger partial charge in [0.25, 0.3) is 0 Å². The molecule has 14 nitrogen and oxygen atoms in total. The van der Waals surface area contributed by atoms with E-state index in [9.17, 15) is 33.6 Å². The molecule has 0 aromatic carbocycles. The lowest BCUT2D eigenvalue weighted by atomic mass is 9.93. The van der Waals surface area contributed by atoms with E-state index in [0.29, 0.717) is 0 Å². The van der Waals surface area contributed by atoms with Crippen LogP contribution in [0.2, 0.25) is 0 Å². The van der Waals surface area contributed by atoms with Crippen LogP contribution in [0.5, 0.6) is 0 Å². The third kappa shape index (κ3) is 13.1. The molecule has 5 atom stereocenters. The van der Waals surface area contributed by atoms with Gasteiger partial charge < -0.3 is 34.1 Å². The maximum absolute atomic E-state index is 12.0. The molecule has 0 aromatic rings. The van der Waals surface area contributed by atoms with Gasteiger partial charge in [0.05, 0.1) is 0 Å². The molecule has 0 fully saturated rings. The Hall–Kier alpha value is -3.55. The van der Waals surface area contributed by atoms with Crippen molar-refractivity contribution in [2.24, 2.45) is 0 Å². The summed E-state index contributed by atoms with van der Waals surface area (Å²) in [7, 11) is 0. The second kappa shape index (κ2) is 15.4. The third-order valence-electron chi connectivity index (χ3n) is 4.11. The molecule has 2 N–H and O–H groups in total. The van der Waals surface area contributed by atoms with Crippen molar-refractivity contribution >= 4 is 41.5 Å². The number of ether oxygens (including phenoxy) is 5. The first-order valence-corrected chi connectivity index (χ1v) is 10.4. The van der Waals surface area contributed by atoms with Crippen LogP contribution in [-0.2, 0) is 57.2 Å². The van der Waals surface area contributed by atoms with Crippen LogP contribution in [-0.4, -0.2) is 90.3 Å². The molecule has 0 heterocycles. The van der Waals surface area contributed by atoms with E-state index in [4.69, 9.17) is 28.8 Å². The highest BCUT2D eigenvalue weighted by Gasteiger charge is 2.46. The predicted octanol–water partition coefficient (Wildman–Crippen LogP) is -1.27. The van der Waals surface area contributed by atoms with Crippen molar-refractivity contribution in [3.63, 3.8) is 0 Å². The van der Waals surface area contributed by atoms with Crippen molar-refractivity contribution < 1.29 is 62.4 Å². The van der Waals surface area contributed by atoms with Crippen molar-refractivity contribution in [2.75, 3.05) is 13.2 Å². The molecule has 1 amide bonds. The van der Waals surface area contributed by atoms with Crippen LogP contribution >= 0.6 is 0 Å². The zero-order valence-corrected chi connectivity index (χ0v) is 20.4. The van der Waals surface area contributed by atoms with Gasteiger partial charge >= 0.3 is 29.8 Å². The van der Waals surface area contributed by atoms with Crippen LogP contribution in [0.4, 0.5) is 0 Å². The fourth-order valence-corrected chi connectivity index (χ4v) is 3.06. The molecule has 35 heavy (non-hydrogen) atoms. The molecule has 0 aliphatic rings. The fourth-order valence-electron chi connectivity index (χ4n) is 3.06. The first-order valence-electron chi connectivity index (χ1n) is 10.4. The Morgan fingerprint density at radius 2 is 1.11 bits per heavy atom. The van der Waals surface area contributed by atoms with Crippen molar-refractivity contribution in [1.29, 1.82) is 0 Å². The summed E-state index contributed by atoms with van der Waals surface area (Å²) < 4.78 is 25.7. The second-order valence-electron chi connectivity index (χ2n) is 7.37. The number of hydrogen-bond donors (Lipinski definition) is 2. The number of carbonyl (C=O) groups excluding carboxylic acids is 7. The van der Waals surface area contributed by atoms with Gasteiger partial charge in [-0.15, -0.1) is 0 Å². The summed E-state index contributed by atoms with van der Waals surface area (Å²) in [6.45, 7) is 4.54. The first-order chi connectivity index (χ1) is 16.2. The fraction of sp³-hybridized carbons (Fsp3) is 0.667. The maximum atomic E-state index is 12.0. The Kier molecular flexibility index (Phi) is 13.8. The molecule has 0 aliphatic heterocycles. The summed E-state index contributed by atoms with van der Waals surface area (Å²) in [4.78, 5) is 82.7. The van der Waals surface area contributed by atoms with Crippen LogP contribution in [0.1, 0.15) is 48.0 Å². The zero-order chi connectivity index (χ0) is 27.3. The predicted molar refractivity (Wildman–Crippen MR) is 113 cm³/mol. The smallest absolute Gasteiger partial charge is 0.303 e. The summed E-state index contributed by atoms with van der Waals surface area (Å²) in [5.74, 6) is -5.98. The van der Waals surface area contributed by atoms with Gasteiger partial charge in [-0.25, -0.2) is 0 Å². The van der Waals surface area contributed by atoms with Gasteiger partial charge in [0.1, 0.15) is 25.4 Å². The van der Waals surface area contributed by atoms with E-state index >= 15 is 0 Å². The lowest BCUT2D eigenvalue weighted by molar-refractivity contribution is -0.196. The Labute approximate surface area is 201 Å². The number of Topliss-reactive ketones (excluding diaryl/α,β-unsaturated/α-hetero) is 1. The van der Waals surface area contributed by atoms with Crippen LogP contribution in [0.3, 0.4) is 0 Å². The van der Waals surface area contributed by atoms with Crippen molar-refractivity contribution in [3.8, 4) is 0 Å². The highest BCUT2D eigenvalue weighted by Crippen LogP contribution is 2.23. The number of amides is 1. The summed E-state index contributed by atoms with van der Waals surface area (Å²) >= 11 is 0. The molecule has 0 radical (unpaired) electrons. The first kappa shape index (κ1) is 31.4. The molecule has 0 saturated heterocycles. The van der Waals surface area contributed by atoms with Crippen LogP contribution < -0.4 is 5.32 Å². The third-order valence-corrected chi connectivity index (χ3v) is 4.11. The Bertz CT molecular complexity index is 809. The number of aliphatic hydroxyl groups is 1. The number of ketones is 1. The molecule has 0 saturated carbocycles. The minimum absolute atomic E-state index is 0.631. The van der Waals surface area contributed by atoms with Gasteiger partial charge in [0.2, 0.25) is 5.91 Å². The molecular formula is C21H31NO13. The van der Waals surface area contributed by atoms with Gasteiger partial charge in [-0.3, -0.25) is 33.6 Å². The molecule has 0 bridgehead atoms. The summed E-state index contributed by atoms with van der Waals surface area (Å²) in [5.41, 5.74) is 0. The van der Waals surface area contributed by atoms with Gasteiger partial charge in [-0.05, 0) is 0 Å². The van der Waals surface area contributed by atoms with E-state index in [1.54, 1.807) is 0 Å². The van der Waals surface area contributed by atoms with E-state index in [1.165, 1.54) is 0 Å². The molecule has 198 valence electrons. The van der Waals surface area contributed by atoms with Crippen molar-refractivity contribution in [3.05, 3.63) is 0 Å². The van der Waals surface area contributed by atoms with Gasteiger partial charge in [0.15, 0.2) is 24.1 Å². The maximum Gasteiger partial charge on any atom is 0.303 e. The molecule has 14 heteroatoms. The van der Waals surface area contributed by atoms with E-state index in [-0.39, 0.29) is 0 Å². The SMILES string of the molecule is CC(=O)N[C@@H]([C@@H](OC(C)=O)[C@H](OC(C)=O)[C@@H](COC(C)=O)OC(C)=O)[C@H](CC(=O)CO)OC(C)=O. The molecule has 0 aliphatic carbocycles. The van der Waals surface area contributed by atoms with Crippen LogP contribution in [0.15, 0.2) is 0 Å². The highest BCUT2D eigenvalue weighted by molar-refractivity contribution is 5.81. The number of carbonyl (C=O) groups is 7. The quantitative estimate of drug-likeness (QED) is 0.209. The number of hydrogen-bond acceptors (Lipinski definition) is 13. The zero-order valence-electron chi connectivity index (χ0n) is 20.4. The van der Waals surface area contributed by atoms with Crippen LogP contribution in [0.25, 0.3) is 0 Å². The van der Waals surface area contributed by atoms with E-state index in [0.717, 1.165) is 41.5 Å². The second-order valence-corrected chi connectivity index (χ2v) is 7.37. The van der Waals surface area contributed by atoms with E-state index in [2.05, 4.69) is 5.32 Å². The van der Waals surface area contributed by atoms with Crippen molar-refractivity contribution in [2.45, 2.75) is 78.4 Å². The lowest BCUT2D eigenvalue weighted by Crippen LogP contribution is -2.61. The average Bonchev–Trinajstić information content (AvgIpc) is 2.70. The van der Waals surface area contributed by atoms with E-state index < -0.39 is 91.6 Å². The number of esters is 5. The Morgan fingerprint density at radius 3 is 1.51 bits per heavy atom. The normalized spacial score (nSPS) is 14.7. The average molecular weight is 505 g/mol. The summed E-state index contributed by atoms with van der Waals surface area (Å²) in [6.07, 6.45) is -7.14. The standard InChI is InChI=1S/C21H31NO13/c1-10(24)22-19(17(32-12(3)26)7-16(30)8-23)21(35-15(6)29)20(34-14(5)28)18(33-13(4)27)9-31-11(2)25/h17-21,23H,7-9H2,1-6H3,(H,22,24)/t17-,18+,19+,20+,21+/m0/s1. The lowest BCUT2D eigenvalue weighted by Gasteiger charge is -2.38. The summed E-state index contributed by atoms with van der Waals surface area (Å²) in [5, 5.41) is 11.5. The van der Waals surface area contributed by atoms with E-state index in [1.807, 2.05) is 0 Å². The summed E-state index contributed by atoms with van der Waals surface area (Å²) in [6, 6.07) is -1.55. The molecule has 0 unspecified atom stereocenters. The van der Waals surface area contributed by atoms with Crippen molar-refractivity contribution in [1.82, 2.24) is 5.32 Å². The number of rotatable bonds is 14. The minimum atomic E-state index is -1.73. The molecule has 0 aromatic heterocycles. The van der Waals surface area contributed by atoms with Crippen LogP contribution in [0, 0.1) is 0 Å². The van der Waals surface area contributed by atoms with Gasteiger partial charge in [0, 0.05) is 48.0 Å². The number of nitrogens with one attached hydrogen (secondary N) is 1. The minimum Gasteiger partial charge on any atom is -0.462 e.